The zero-order valence-electron chi connectivity index (χ0n) is 19.1. The van der Waals surface area contributed by atoms with Crippen LogP contribution in [0, 0.1) is 10.1 Å². The summed E-state index contributed by atoms with van der Waals surface area (Å²) in [6.07, 6.45) is 2.99. The lowest BCUT2D eigenvalue weighted by Gasteiger charge is -2.27. The minimum Gasteiger partial charge on any atom is -0.490 e. The normalized spacial score (nSPS) is 14.2. The summed E-state index contributed by atoms with van der Waals surface area (Å²) in [4.78, 5) is 18.0. The summed E-state index contributed by atoms with van der Waals surface area (Å²) in [5, 5.41) is 23.8. The van der Waals surface area contributed by atoms with E-state index >= 15 is 0 Å². The summed E-state index contributed by atoms with van der Waals surface area (Å²) < 4.78 is 16.0. The second kappa shape index (κ2) is 10.0. The van der Waals surface area contributed by atoms with Gasteiger partial charge in [-0.3, -0.25) is 20.0 Å². The van der Waals surface area contributed by atoms with Gasteiger partial charge in [0.1, 0.15) is 0 Å². The molecule has 3 heterocycles. The molecule has 0 radical (unpaired) electrons. The van der Waals surface area contributed by atoms with Crippen LogP contribution in [0.3, 0.4) is 0 Å². The number of hydrogen-bond acceptors (Lipinski definition) is 10. The predicted octanol–water partition coefficient (Wildman–Crippen LogP) is 3.61. The van der Waals surface area contributed by atoms with Gasteiger partial charge >= 0.3 is 5.69 Å². The van der Waals surface area contributed by atoms with Gasteiger partial charge in [-0.2, -0.15) is 0 Å². The standard InChI is InChI=1S/C24H24N6O5/c1-33-22-5-3-17(13-21(22)30(31)32)16-2-4-20-18(12-16)23(19(14-26-20)24-28-27-15-35-24)25-6-7-29-8-10-34-11-9-29/h2-5,12-15H,6-11H2,1H3,(H,25,26). The van der Waals surface area contributed by atoms with E-state index in [0.717, 1.165) is 55.0 Å². The molecule has 1 aliphatic rings. The van der Waals surface area contributed by atoms with Gasteiger partial charge in [0.05, 0.1) is 42.0 Å². The number of rotatable bonds is 8. The Kier molecular flexibility index (Phi) is 6.51. The van der Waals surface area contributed by atoms with E-state index in [-0.39, 0.29) is 11.4 Å². The molecule has 11 nitrogen and oxygen atoms in total. The number of pyridine rings is 1. The molecule has 4 aromatic rings. The van der Waals surface area contributed by atoms with E-state index in [1.807, 2.05) is 18.2 Å². The minimum absolute atomic E-state index is 0.0910. The first kappa shape index (κ1) is 22.7. The number of anilines is 1. The zero-order valence-corrected chi connectivity index (χ0v) is 19.1. The number of morpholine rings is 1. The number of nitro groups is 1. The molecule has 1 fully saturated rings. The predicted molar refractivity (Wildman–Crippen MR) is 129 cm³/mol. The van der Waals surface area contributed by atoms with Crippen LogP contribution in [-0.4, -0.2) is 71.5 Å². The lowest BCUT2D eigenvalue weighted by molar-refractivity contribution is -0.385. The van der Waals surface area contributed by atoms with E-state index in [1.165, 1.54) is 19.6 Å². The van der Waals surface area contributed by atoms with Crippen LogP contribution >= 0.6 is 0 Å². The van der Waals surface area contributed by atoms with Gasteiger partial charge in [0, 0.05) is 43.8 Å². The molecule has 2 aromatic carbocycles. The van der Waals surface area contributed by atoms with Gasteiger partial charge in [-0.1, -0.05) is 12.1 Å². The summed E-state index contributed by atoms with van der Waals surface area (Å²) in [6, 6.07) is 10.7. The molecule has 0 unspecified atom stereocenters. The molecule has 0 amide bonds. The molecule has 0 bridgehead atoms. The molecule has 11 heteroatoms. The zero-order chi connectivity index (χ0) is 24.2. The quantitative estimate of drug-likeness (QED) is 0.297. The molecular formula is C24H24N6O5. The van der Waals surface area contributed by atoms with Crippen LogP contribution in [0.15, 0.2) is 53.4 Å². The molecule has 1 aliphatic heterocycles. The van der Waals surface area contributed by atoms with Gasteiger partial charge in [-0.15, -0.1) is 10.2 Å². The van der Waals surface area contributed by atoms with Crippen LogP contribution in [0.2, 0.25) is 0 Å². The van der Waals surface area contributed by atoms with Gasteiger partial charge in [0.25, 0.3) is 5.89 Å². The first-order chi connectivity index (χ1) is 17.1. The fourth-order valence-corrected chi connectivity index (χ4v) is 4.19. The topological polar surface area (TPSA) is 129 Å². The molecule has 2 aromatic heterocycles. The molecule has 0 spiro atoms. The van der Waals surface area contributed by atoms with Crippen LogP contribution < -0.4 is 10.1 Å². The van der Waals surface area contributed by atoms with Crippen molar-refractivity contribution in [2.24, 2.45) is 0 Å². The van der Waals surface area contributed by atoms with Crippen molar-refractivity contribution in [3.05, 3.63) is 59.1 Å². The van der Waals surface area contributed by atoms with Gasteiger partial charge in [-0.25, -0.2) is 0 Å². The molecular weight excluding hydrogens is 452 g/mol. The fourth-order valence-electron chi connectivity index (χ4n) is 4.19. The molecule has 180 valence electrons. The van der Waals surface area contributed by atoms with Crippen molar-refractivity contribution in [1.82, 2.24) is 20.1 Å². The second-order valence-corrected chi connectivity index (χ2v) is 8.05. The van der Waals surface area contributed by atoms with Crippen LogP contribution in [0.25, 0.3) is 33.5 Å². The highest BCUT2D eigenvalue weighted by Crippen LogP contribution is 2.37. The van der Waals surface area contributed by atoms with Gasteiger partial charge in [0.15, 0.2) is 5.75 Å². The molecule has 35 heavy (non-hydrogen) atoms. The third-order valence-electron chi connectivity index (χ3n) is 6.00. The highest BCUT2D eigenvalue weighted by atomic mass is 16.6. The number of hydrogen-bond donors (Lipinski definition) is 1. The third kappa shape index (κ3) is 4.77. The van der Waals surface area contributed by atoms with E-state index in [2.05, 4.69) is 25.4 Å². The van der Waals surface area contributed by atoms with Crippen molar-refractivity contribution in [3.8, 4) is 28.3 Å². The number of fused-ring (bicyclic) bond motifs is 1. The van der Waals surface area contributed by atoms with E-state index in [1.54, 1.807) is 18.3 Å². The number of methoxy groups -OCH3 is 1. The molecule has 1 saturated heterocycles. The van der Waals surface area contributed by atoms with Crippen LogP contribution in [0.5, 0.6) is 5.75 Å². The van der Waals surface area contributed by atoms with Crippen molar-refractivity contribution in [2.45, 2.75) is 0 Å². The third-order valence-corrected chi connectivity index (χ3v) is 6.00. The SMILES string of the molecule is COc1ccc(-c2ccc3ncc(-c4nnco4)c(NCCN4CCOCC4)c3c2)cc1[N+](=O)[O-]. The van der Waals surface area contributed by atoms with Crippen molar-refractivity contribution in [1.29, 1.82) is 0 Å². The molecule has 5 rings (SSSR count). The summed E-state index contributed by atoms with van der Waals surface area (Å²) >= 11 is 0. The van der Waals surface area contributed by atoms with Gasteiger partial charge < -0.3 is 19.2 Å². The highest BCUT2D eigenvalue weighted by Gasteiger charge is 2.19. The maximum absolute atomic E-state index is 11.5. The second-order valence-electron chi connectivity index (χ2n) is 8.05. The number of ether oxygens (including phenoxy) is 2. The highest BCUT2D eigenvalue weighted by molar-refractivity contribution is 6.00. The lowest BCUT2D eigenvalue weighted by atomic mass is 10.0. The first-order valence-corrected chi connectivity index (χ1v) is 11.2. The smallest absolute Gasteiger partial charge is 0.311 e. The van der Waals surface area contributed by atoms with Gasteiger partial charge in [-0.05, 0) is 29.3 Å². The van der Waals surface area contributed by atoms with E-state index in [0.29, 0.717) is 23.6 Å². The Morgan fingerprint density at radius 1 is 1.17 bits per heavy atom. The van der Waals surface area contributed by atoms with Crippen LogP contribution in [0.1, 0.15) is 0 Å². The maximum Gasteiger partial charge on any atom is 0.311 e. The summed E-state index contributed by atoms with van der Waals surface area (Å²) in [5.41, 5.74) is 3.69. The first-order valence-electron chi connectivity index (χ1n) is 11.2. The number of nitrogens with one attached hydrogen (secondary N) is 1. The summed E-state index contributed by atoms with van der Waals surface area (Å²) in [6.45, 7) is 4.82. The Bertz CT molecular complexity index is 1340. The van der Waals surface area contributed by atoms with E-state index in [9.17, 15) is 10.1 Å². The molecule has 1 N–H and O–H groups in total. The maximum atomic E-state index is 11.5. The van der Waals surface area contributed by atoms with Crippen molar-refractivity contribution in [2.75, 3.05) is 51.8 Å². The van der Waals surface area contributed by atoms with E-state index < -0.39 is 4.92 Å². The fraction of sp³-hybridized carbons (Fsp3) is 0.292. The summed E-state index contributed by atoms with van der Waals surface area (Å²) in [5.74, 6) is 0.573. The number of aromatic nitrogens is 3. The number of nitrogens with zero attached hydrogens (tertiary/aromatic N) is 5. The Balaban J connectivity index is 1.54. The van der Waals surface area contributed by atoms with E-state index in [4.69, 9.17) is 13.9 Å². The lowest BCUT2D eigenvalue weighted by Crippen LogP contribution is -2.39. The monoisotopic (exact) mass is 476 g/mol. The minimum atomic E-state index is -0.447. The van der Waals surface area contributed by atoms with Crippen molar-refractivity contribution in [3.63, 3.8) is 0 Å². The average molecular weight is 476 g/mol. The number of benzene rings is 2. The average Bonchev–Trinajstić information content (AvgIpc) is 3.43. The largest absolute Gasteiger partial charge is 0.490 e. The summed E-state index contributed by atoms with van der Waals surface area (Å²) in [7, 11) is 1.41. The Morgan fingerprint density at radius 2 is 1.97 bits per heavy atom. The van der Waals surface area contributed by atoms with Crippen LogP contribution in [0.4, 0.5) is 11.4 Å². The molecule has 0 aliphatic carbocycles. The van der Waals surface area contributed by atoms with Gasteiger partial charge in [0.2, 0.25) is 6.39 Å². The molecule has 0 atom stereocenters. The Morgan fingerprint density at radius 3 is 2.71 bits per heavy atom. The molecule has 0 saturated carbocycles. The van der Waals surface area contributed by atoms with Crippen molar-refractivity contribution < 1.29 is 18.8 Å². The van der Waals surface area contributed by atoms with Crippen molar-refractivity contribution >= 4 is 22.3 Å². The number of nitro benzene ring substituents is 1. The van der Waals surface area contributed by atoms with Crippen LogP contribution in [-0.2, 0) is 4.74 Å². The Hall–Kier alpha value is -4.09. The Labute approximate surface area is 200 Å².